The van der Waals surface area contributed by atoms with E-state index in [0.717, 1.165) is 26.1 Å². The minimum atomic E-state index is 0.258. The number of nitrogens with zero attached hydrogens (tertiary/aromatic N) is 2. The highest BCUT2D eigenvalue weighted by atomic mass is 16.2. The molecule has 94 valence electrons. The lowest BCUT2D eigenvalue weighted by Crippen LogP contribution is -2.41. The van der Waals surface area contributed by atoms with Gasteiger partial charge in [0, 0.05) is 25.7 Å². The minimum absolute atomic E-state index is 0.258. The molecule has 4 nitrogen and oxygen atoms in total. The van der Waals surface area contributed by atoms with Gasteiger partial charge in [-0.3, -0.25) is 9.69 Å². The van der Waals surface area contributed by atoms with Crippen molar-refractivity contribution in [3.8, 4) is 0 Å². The van der Waals surface area contributed by atoms with Gasteiger partial charge < -0.3 is 10.6 Å². The van der Waals surface area contributed by atoms with Crippen LogP contribution in [0.1, 0.15) is 33.1 Å². The number of hydrogen-bond acceptors (Lipinski definition) is 3. The molecule has 1 amide bonds. The Morgan fingerprint density at radius 3 is 2.38 bits per heavy atom. The third-order valence-corrected chi connectivity index (χ3v) is 3.17. The summed E-state index contributed by atoms with van der Waals surface area (Å²) in [6.07, 6.45) is 3.48. The van der Waals surface area contributed by atoms with Crippen LogP contribution >= 0.6 is 0 Å². The molecule has 0 radical (unpaired) electrons. The van der Waals surface area contributed by atoms with E-state index in [1.54, 1.807) is 0 Å². The normalized spacial score (nSPS) is 15.5. The van der Waals surface area contributed by atoms with Crippen molar-refractivity contribution in [2.45, 2.75) is 39.2 Å². The quantitative estimate of drug-likeness (QED) is 0.663. The maximum absolute atomic E-state index is 12.0. The van der Waals surface area contributed by atoms with Crippen molar-refractivity contribution in [1.82, 2.24) is 9.80 Å². The number of hydrogen-bond donors (Lipinski definition) is 1. The second-order valence-electron chi connectivity index (χ2n) is 4.41. The zero-order chi connectivity index (χ0) is 12.0. The molecule has 0 aromatic rings. The standard InChI is InChI=1S/C12H25N3O/c1-3-14(4-2)12(16)10-15(9-5-8-13)11-6-7-11/h11H,3-10,13H2,1-2H3. The molecule has 1 saturated carbocycles. The Bertz CT molecular complexity index is 212. The van der Waals surface area contributed by atoms with E-state index in [1.807, 2.05) is 18.7 Å². The molecule has 1 aliphatic rings. The first-order valence-electron chi connectivity index (χ1n) is 6.44. The van der Waals surface area contributed by atoms with Crippen molar-refractivity contribution in [2.75, 3.05) is 32.7 Å². The van der Waals surface area contributed by atoms with Gasteiger partial charge in [-0.2, -0.15) is 0 Å². The predicted octanol–water partition coefficient (Wildman–Crippen LogP) is 0.668. The topological polar surface area (TPSA) is 49.6 Å². The molecule has 0 aliphatic heterocycles. The van der Waals surface area contributed by atoms with Crippen molar-refractivity contribution >= 4 is 5.91 Å². The highest BCUT2D eigenvalue weighted by Gasteiger charge is 2.30. The summed E-state index contributed by atoms with van der Waals surface area (Å²) >= 11 is 0. The van der Waals surface area contributed by atoms with Gasteiger partial charge in [0.1, 0.15) is 0 Å². The van der Waals surface area contributed by atoms with Gasteiger partial charge in [0.05, 0.1) is 6.54 Å². The summed E-state index contributed by atoms with van der Waals surface area (Å²) in [7, 11) is 0. The summed E-state index contributed by atoms with van der Waals surface area (Å²) in [6, 6.07) is 0.645. The van der Waals surface area contributed by atoms with Gasteiger partial charge in [0.15, 0.2) is 0 Å². The van der Waals surface area contributed by atoms with Crippen LogP contribution in [-0.4, -0.2) is 54.5 Å². The summed E-state index contributed by atoms with van der Waals surface area (Å²) in [5, 5.41) is 0. The number of likely N-dealkylation sites (N-methyl/N-ethyl adjacent to an activating group) is 1. The number of carbonyl (C=O) groups excluding carboxylic acids is 1. The van der Waals surface area contributed by atoms with Gasteiger partial charge in [0.2, 0.25) is 5.91 Å². The Hall–Kier alpha value is -0.610. The molecule has 0 saturated heterocycles. The van der Waals surface area contributed by atoms with Gasteiger partial charge in [-0.1, -0.05) is 0 Å². The summed E-state index contributed by atoms with van der Waals surface area (Å²) in [6.45, 7) is 7.93. The van der Waals surface area contributed by atoms with Crippen LogP contribution in [0.25, 0.3) is 0 Å². The van der Waals surface area contributed by atoms with E-state index < -0.39 is 0 Å². The van der Waals surface area contributed by atoms with Crippen LogP contribution in [0, 0.1) is 0 Å². The maximum atomic E-state index is 12.0. The molecular weight excluding hydrogens is 202 g/mol. The SMILES string of the molecule is CCN(CC)C(=O)CN(CCCN)C1CC1. The van der Waals surface area contributed by atoms with Crippen molar-refractivity contribution in [2.24, 2.45) is 5.73 Å². The Morgan fingerprint density at radius 1 is 1.31 bits per heavy atom. The van der Waals surface area contributed by atoms with Crippen LogP contribution in [0.5, 0.6) is 0 Å². The molecule has 4 heteroatoms. The minimum Gasteiger partial charge on any atom is -0.342 e. The second-order valence-corrected chi connectivity index (χ2v) is 4.41. The van der Waals surface area contributed by atoms with Crippen LogP contribution < -0.4 is 5.73 Å². The molecule has 16 heavy (non-hydrogen) atoms. The monoisotopic (exact) mass is 227 g/mol. The van der Waals surface area contributed by atoms with Gasteiger partial charge in [-0.25, -0.2) is 0 Å². The summed E-state index contributed by atoms with van der Waals surface area (Å²) < 4.78 is 0. The molecule has 1 rings (SSSR count). The summed E-state index contributed by atoms with van der Waals surface area (Å²) in [4.78, 5) is 16.2. The Balaban J connectivity index is 2.37. The van der Waals surface area contributed by atoms with Crippen molar-refractivity contribution in [3.05, 3.63) is 0 Å². The fourth-order valence-corrected chi connectivity index (χ4v) is 1.97. The predicted molar refractivity (Wildman–Crippen MR) is 66.2 cm³/mol. The highest BCUT2D eigenvalue weighted by molar-refractivity contribution is 5.78. The van der Waals surface area contributed by atoms with Crippen molar-refractivity contribution < 1.29 is 4.79 Å². The molecule has 1 aliphatic carbocycles. The first-order valence-corrected chi connectivity index (χ1v) is 6.44. The van der Waals surface area contributed by atoms with Gasteiger partial charge in [-0.05, 0) is 39.7 Å². The van der Waals surface area contributed by atoms with Gasteiger partial charge >= 0.3 is 0 Å². The molecular formula is C12H25N3O. The zero-order valence-electron chi connectivity index (χ0n) is 10.6. The van der Waals surface area contributed by atoms with E-state index in [4.69, 9.17) is 5.73 Å². The smallest absolute Gasteiger partial charge is 0.236 e. The van der Waals surface area contributed by atoms with Crippen LogP contribution in [0.15, 0.2) is 0 Å². The molecule has 2 N–H and O–H groups in total. The number of carbonyl (C=O) groups is 1. The van der Waals surface area contributed by atoms with E-state index in [2.05, 4.69) is 4.90 Å². The number of nitrogens with two attached hydrogens (primary N) is 1. The first-order chi connectivity index (χ1) is 7.72. The molecule has 0 spiro atoms. The first kappa shape index (κ1) is 13.5. The van der Waals surface area contributed by atoms with Crippen LogP contribution in [-0.2, 0) is 4.79 Å². The van der Waals surface area contributed by atoms with Gasteiger partial charge in [-0.15, -0.1) is 0 Å². The average molecular weight is 227 g/mol. The maximum Gasteiger partial charge on any atom is 0.236 e. The molecule has 0 aromatic heterocycles. The van der Waals surface area contributed by atoms with E-state index in [-0.39, 0.29) is 5.91 Å². The fourth-order valence-electron chi connectivity index (χ4n) is 1.97. The Labute approximate surface area is 98.8 Å². The molecule has 0 unspecified atom stereocenters. The zero-order valence-corrected chi connectivity index (χ0v) is 10.6. The third kappa shape index (κ3) is 4.10. The summed E-state index contributed by atoms with van der Waals surface area (Å²) in [5.41, 5.74) is 5.52. The number of rotatable bonds is 8. The number of amides is 1. The molecule has 0 bridgehead atoms. The average Bonchev–Trinajstić information content (AvgIpc) is 3.09. The molecule has 1 fully saturated rings. The molecule has 0 heterocycles. The fraction of sp³-hybridized carbons (Fsp3) is 0.917. The van der Waals surface area contributed by atoms with Crippen molar-refractivity contribution in [1.29, 1.82) is 0 Å². The second kappa shape index (κ2) is 6.86. The third-order valence-electron chi connectivity index (χ3n) is 3.17. The van der Waals surface area contributed by atoms with Crippen molar-refractivity contribution in [3.63, 3.8) is 0 Å². The largest absolute Gasteiger partial charge is 0.342 e. The van der Waals surface area contributed by atoms with Crippen LogP contribution in [0.3, 0.4) is 0 Å². The Morgan fingerprint density at radius 2 is 1.94 bits per heavy atom. The van der Waals surface area contributed by atoms with Crippen LogP contribution in [0.4, 0.5) is 0 Å². The summed E-state index contributed by atoms with van der Waals surface area (Å²) in [5.74, 6) is 0.258. The lowest BCUT2D eigenvalue weighted by Gasteiger charge is -2.25. The van der Waals surface area contributed by atoms with E-state index in [0.29, 0.717) is 19.1 Å². The lowest BCUT2D eigenvalue weighted by atomic mass is 10.3. The van der Waals surface area contributed by atoms with E-state index >= 15 is 0 Å². The Kier molecular flexibility index (Phi) is 5.77. The van der Waals surface area contributed by atoms with E-state index in [1.165, 1.54) is 12.8 Å². The molecule has 0 atom stereocenters. The van der Waals surface area contributed by atoms with Crippen LogP contribution in [0.2, 0.25) is 0 Å². The molecule has 0 aromatic carbocycles. The highest BCUT2D eigenvalue weighted by Crippen LogP contribution is 2.26. The van der Waals surface area contributed by atoms with Gasteiger partial charge in [0.25, 0.3) is 0 Å². The van der Waals surface area contributed by atoms with E-state index in [9.17, 15) is 4.79 Å². The lowest BCUT2D eigenvalue weighted by molar-refractivity contribution is -0.132.